The predicted molar refractivity (Wildman–Crippen MR) is 103 cm³/mol. The van der Waals surface area contributed by atoms with Crippen LogP contribution in [0.1, 0.15) is 29.2 Å². The Balaban J connectivity index is 1.51. The maximum Gasteiger partial charge on any atom is 0.407 e. The van der Waals surface area contributed by atoms with E-state index in [0.29, 0.717) is 6.61 Å². The van der Waals surface area contributed by atoms with Crippen LogP contribution < -0.4 is 5.32 Å². The van der Waals surface area contributed by atoms with Crippen molar-refractivity contribution in [1.29, 1.82) is 0 Å². The maximum atomic E-state index is 12.0. The molecule has 0 heterocycles. The van der Waals surface area contributed by atoms with Crippen LogP contribution in [0, 0.1) is 0 Å². The number of fused-ring (bicyclic) bond motifs is 1. The van der Waals surface area contributed by atoms with Crippen molar-refractivity contribution < 1.29 is 19.1 Å². The average Bonchev–Trinajstić information content (AvgIpc) is 3.07. The van der Waals surface area contributed by atoms with E-state index in [1.54, 1.807) is 13.0 Å². The number of alkyl carbamates (subject to hydrolysis) is 1. The van der Waals surface area contributed by atoms with Gasteiger partial charge in [-0.3, -0.25) is 0 Å². The number of ether oxygens (including phenoxy) is 2. The van der Waals surface area contributed by atoms with Crippen molar-refractivity contribution in [2.24, 2.45) is 0 Å². The normalized spacial score (nSPS) is 15.4. The highest BCUT2D eigenvalue weighted by molar-refractivity contribution is 5.87. The SMILES string of the molecule is CCOC(=O)C=Cc1ccc2c(c1)CC(NC(=O)OCc1ccccc1)C2. The van der Waals surface area contributed by atoms with Gasteiger partial charge in [-0.2, -0.15) is 0 Å². The molecule has 0 aliphatic heterocycles. The number of rotatable bonds is 6. The van der Waals surface area contributed by atoms with E-state index in [2.05, 4.69) is 5.32 Å². The Hall–Kier alpha value is -3.08. The van der Waals surface area contributed by atoms with Crippen LogP contribution in [0.3, 0.4) is 0 Å². The van der Waals surface area contributed by atoms with Crippen molar-refractivity contribution in [1.82, 2.24) is 5.32 Å². The molecule has 0 spiro atoms. The van der Waals surface area contributed by atoms with E-state index < -0.39 is 6.09 Å². The third-order valence-corrected chi connectivity index (χ3v) is 4.40. The van der Waals surface area contributed by atoms with Crippen LogP contribution in [0.2, 0.25) is 0 Å². The molecule has 5 heteroatoms. The summed E-state index contributed by atoms with van der Waals surface area (Å²) in [6.45, 7) is 2.40. The second-order valence-electron chi connectivity index (χ2n) is 6.42. The number of hydrogen-bond acceptors (Lipinski definition) is 4. The lowest BCUT2D eigenvalue weighted by Gasteiger charge is -2.12. The number of carbonyl (C=O) groups is 2. The Labute approximate surface area is 159 Å². The zero-order chi connectivity index (χ0) is 19.1. The summed E-state index contributed by atoms with van der Waals surface area (Å²) in [5.41, 5.74) is 4.28. The maximum absolute atomic E-state index is 12.0. The van der Waals surface area contributed by atoms with Crippen molar-refractivity contribution in [2.75, 3.05) is 6.61 Å². The number of benzene rings is 2. The van der Waals surface area contributed by atoms with Gasteiger partial charge in [-0.25, -0.2) is 9.59 Å². The molecule has 0 fully saturated rings. The summed E-state index contributed by atoms with van der Waals surface area (Å²) < 4.78 is 10.2. The molecule has 1 N–H and O–H groups in total. The summed E-state index contributed by atoms with van der Waals surface area (Å²) in [5, 5.41) is 2.93. The fourth-order valence-corrected chi connectivity index (χ4v) is 3.13. The number of nitrogens with one attached hydrogen (secondary N) is 1. The van der Waals surface area contributed by atoms with Crippen molar-refractivity contribution in [3.63, 3.8) is 0 Å². The Morgan fingerprint density at radius 1 is 1.07 bits per heavy atom. The fourth-order valence-electron chi connectivity index (χ4n) is 3.13. The van der Waals surface area contributed by atoms with Crippen LogP contribution in [-0.2, 0) is 33.7 Å². The summed E-state index contributed by atoms with van der Waals surface area (Å²) in [5.74, 6) is -0.348. The number of hydrogen-bond donors (Lipinski definition) is 1. The largest absolute Gasteiger partial charge is 0.463 e. The van der Waals surface area contributed by atoms with Gasteiger partial charge in [0.1, 0.15) is 6.61 Å². The van der Waals surface area contributed by atoms with Gasteiger partial charge in [0, 0.05) is 12.1 Å². The molecule has 1 aliphatic carbocycles. The zero-order valence-electron chi connectivity index (χ0n) is 15.3. The van der Waals surface area contributed by atoms with Crippen molar-refractivity contribution >= 4 is 18.1 Å². The molecule has 1 unspecified atom stereocenters. The molecule has 0 saturated heterocycles. The fraction of sp³-hybridized carbons (Fsp3) is 0.273. The first-order valence-electron chi connectivity index (χ1n) is 9.08. The lowest BCUT2D eigenvalue weighted by atomic mass is 10.1. The molecule has 0 bridgehead atoms. The Morgan fingerprint density at radius 2 is 1.85 bits per heavy atom. The van der Waals surface area contributed by atoms with E-state index in [4.69, 9.17) is 9.47 Å². The molecule has 2 aromatic carbocycles. The first-order valence-corrected chi connectivity index (χ1v) is 9.08. The molecule has 3 rings (SSSR count). The zero-order valence-corrected chi connectivity index (χ0v) is 15.3. The van der Waals surface area contributed by atoms with E-state index in [1.807, 2.05) is 48.5 Å². The standard InChI is InChI=1S/C22H23NO4/c1-2-26-21(24)11-9-16-8-10-18-13-20(14-19(18)12-16)23-22(25)27-15-17-6-4-3-5-7-17/h3-12,20H,2,13-15H2,1H3,(H,23,25). The smallest absolute Gasteiger partial charge is 0.407 e. The van der Waals surface area contributed by atoms with Crippen molar-refractivity contribution in [2.45, 2.75) is 32.4 Å². The molecular formula is C22H23NO4. The monoisotopic (exact) mass is 365 g/mol. The molecule has 2 aromatic rings. The minimum absolute atomic E-state index is 0.0209. The summed E-state index contributed by atoms with van der Waals surface area (Å²) >= 11 is 0. The highest BCUT2D eigenvalue weighted by Gasteiger charge is 2.23. The topological polar surface area (TPSA) is 64.6 Å². The first-order chi connectivity index (χ1) is 13.1. The molecule has 1 amide bonds. The van der Waals surface area contributed by atoms with Crippen LogP contribution in [0.25, 0.3) is 6.08 Å². The number of amides is 1. The Morgan fingerprint density at radius 3 is 2.63 bits per heavy atom. The first kappa shape index (κ1) is 18.7. The van der Waals surface area contributed by atoms with Crippen LogP contribution in [0.15, 0.2) is 54.6 Å². The molecule has 27 heavy (non-hydrogen) atoms. The molecule has 0 radical (unpaired) electrons. The van der Waals surface area contributed by atoms with Gasteiger partial charge >= 0.3 is 12.1 Å². The highest BCUT2D eigenvalue weighted by atomic mass is 16.5. The summed E-state index contributed by atoms with van der Waals surface area (Å²) in [7, 11) is 0. The molecule has 5 nitrogen and oxygen atoms in total. The minimum atomic E-state index is -0.404. The van der Waals surface area contributed by atoms with E-state index in [0.717, 1.165) is 24.0 Å². The van der Waals surface area contributed by atoms with Crippen LogP contribution >= 0.6 is 0 Å². The van der Waals surface area contributed by atoms with E-state index in [-0.39, 0.29) is 18.6 Å². The van der Waals surface area contributed by atoms with Crippen molar-refractivity contribution in [3.8, 4) is 0 Å². The van der Waals surface area contributed by atoms with E-state index in [1.165, 1.54) is 17.2 Å². The summed E-state index contributed by atoms with van der Waals surface area (Å²) in [6, 6.07) is 15.7. The number of carbonyl (C=O) groups excluding carboxylic acids is 2. The predicted octanol–water partition coefficient (Wildman–Crippen LogP) is 3.66. The van der Waals surface area contributed by atoms with Gasteiger partial charge in [-0.05, 0) is 48.1 Å². The second kappa shape index (κ2) is 9.03. The average molecular weight is 365 g/mol. The summed E-state index contributed by atoms with van der Waals surface area (Å²) in [4.78, 5) is 23.5. The lowest BCUT2D eigenvalue weighted by molar-refractivity contribution is -0.137. The molecule has 140 valence electrons. The van der Waals surface area contributed by atoms with Crippen LogP contribution in [0.5, 0.6) is 0 Å². The summed E-state index contributed by atoms with van der Waals surface area (Å²) in [6.07, 6.45) is 4.29. The Kier molecular flexibility index (Phi) is 6.26. The molecular weight excluding hydrogens is 342 g/mol. The van der Waals surface area contributed by atoms with Gasteiger partial charge < -0.3 is 14.8 Å². The molecule has 1 atom stereocenters. The van der Waals surface area contributed by atoms with E-state index in [9.17, 15) is 9.59 Å². The molecule has 0 saturated carbocycles. The number of esters is 1. The lowest BCUT2D eigenvalue weighted by Crippen LogP contribution is -2.35. The van der Waals surface area contributed by atoms with Crippen LogP contribution in [0.4, 0.5) is 4.79 Å². The van der Waals surface area contributed by atoms with Crippen LogP contribution in [-0.4, -0.2) is 24.7 Å². The van der Waals surface area contributed by atoms with Gasteiger partial charge in [0.2, 0.25) is 0 Å². The van der Waals surface area contributed by atoms with Gasteiger partial charge in [-0.1, -0.05) is 48.5 Å². The van der Waals surface area contributed by atoms with Gasteiger partial charge in [0.05, 0.1) is 6.61 Å². The van der Waals surface area contributed by atoms with Crippen molar-refractivity contribution in [3.05, 3.63) is 76.9 Å². The second-order valence-corrected chi connectivity index (χ2v) is 6.42. The quantitative estimate of drug-likeness (QED) is 0.627. The van der Waals surface area contributed by atoms with Gasteiger partial charge in [0.25, 0.3) is 0 Å². The molecule has 0 aromatic heterocycles. The third-order valence-electron chi connectivity index (χ3n) is 4.40. The highest BCUT2D eigenvalue weighted by Crippen LogP contribution is 2.24. The Bertz CT molecular complexity index is 829. The third kappa shape index (κ3) is 5.45. The van der Waals surface area contributed by atoms with Gasteiger partial charge in [0.15, 0.2) is 0 Å². The van der Waals surface area contributed by atoms with E-state index >= 15 is 0 Å². The van der Waals surface area contributed by atoms with Gasteiger partial charge in [-0.15, -0.1) is 0 Å². The minimum Gasteiger partial charge on any atom is -0.463 e. The molecule has 1 aliphatic rings.